The summed E-state index contributed by atoms with van der Waals surface area (Å²) in [5, 5.41) is 0. The Hall–Kier alpha value is -1.40. The van der Waals surface area contributed by atoms with Crippen LogP contribution in [0, 0.1) is 5.92 Å². The fourth-order valence-electron chi connectivity index (χ4n) is 4.20. The second-order valence-electron chi connectivity index (χ2n) is 7.63. The van der Waals surface area contributed by atoms with E-state index in [4.69, 9.17) is 0 Å². The van der Waals surface area contributed by atoms with Gasteiger partial charge in [0, 0.05) is 50.1 Å². The number of hydrogen-bond donors (Lipinski definition) is 0. The van der Waals surface area contributed by atoms with Gasteiger partial charge in [-0.3, -0.25) is 9.59 Å². The first-order chi connectivity index (χ1) is 12.1. The van der Waals surface area contributed by atoms with Crippen molar-refractivity contribution in [2.45, 2.75) is 32.1 Å². The molecule has 136 valence electrons. The highest BCUT2D eigenvalue weighted by Crippen LogP contribution is 2.34. The van der Waals surface area contributed by atoms with E-state index < -0.39 is 0 Å². The number of nitrogens with zero attached hydrogens (tertiary/aromatic N) is 3. The molecule has 1 aliphatic carbocycles. The molecule has 0 spiro atoms. The SMILES string of the molecule is CN1CCN(C(=O)[C@H]2CCc3sc(C(=O)N4CCCC4)cc3C2)CC1. The van der Waals surface area contributed by atoms with Crippen molar-refractivity contribution in [1.82, 2.24) is 14.7 Å². The first-order valence-corrected chi connectivity index (χ1v) is 10.3. The number of hydrogen-bond acceptors (Lipinski definition) is 4. The fraction of sp³-hybridized carbons (Fsp3) is 0.684. The van der Waals surface area contributed by atoms with Crippen LogP contribution in [0.2, 0.25) is 0 Å². The second-order valence-corrected chi connectivity index (χ2v) is 8.76. The molecule has 4 rings (SSSR count). The number of fused-ring (bicyclic) bond motifs is 1. The average molecular weight is 362 g/mol. The van der Waals surface area contributed by atoms with E-state index in [1.165, 1.54) is 10.4 Å². The van der Waals surface area contributed by atoms with Crippen LogP contribution in [0.1, 0.15) is 39.4 Å². The molecule has 0 unspecified atom stereocenters. The van der Waals surface area contributed by atoms with E-state index in [2.05, 4.69) is 18.0 Å². The molecule has 25 heavy (non-hydrogen) atoms. The molecule has 1 atom stereocenters. The van der Waals surface area contributed by atoms with Crippen LogP contribution in [-0.4, -0.2) is 72.8 Å². The monoisotopic (exact) mass is 361 g/mol. The van der Waals surface area contributed by atoms with Crippen molar-refractivity contribution in [3.8, 4) is 0 Å². The summed E-state index contributed by atoms with van der Waals surface area (Å²) in [6.07, 6.45) is 4.93. The third-order valence-corrected chi connectivity index (χ3v) is 7.08. The van der Waals surface area contributed by atoms with Gasteiger partial charge in [0.2, 0.25) is 5.91 Å². The number of aryl methyl sites for hydroxylation is 1. The van der Waals surface area contributed by atoms with Gasteiger partial charge in [0.1, 0.15) is 0 Å². The molecule has 2 aliphatic heterocycles. The number of rotatable bonds is 2. The topological polar surface area (TPSA) is 43.9 Å². The lowest BCUT2D eigenvalue weighted by Gasteiger charge is -2.35. The van der Waals surface area contributed by atoms with Crippen molar-refractivity contribution >= 4 is 23.2 Å². The normalized spacial score (nSPS) is 24.4. The van der Waals surface area contributed by atoms with Gasteiger partial charge in [-0.2, -0.15) is 0 Å². The molecule has 2 fully saturated rings. The molecule has 1 aromatic heterocycles. The van der Waals surface area contributed by atoms with E-state index in [1.54, 1.807) is 11.3 Å². The maximum absolute atomic E-state index is 12.9. The predicted molar refractivity (Wildman–Crippen MR) is 99.0 cm³/mol. The summed E-state index contributed by atoms with van der Waals surface area (Å²) in [6.45, 7) is 5.42. The van der Waals surface area contributed by atoms with Crippen molar-refractivity contribution in [3.05, 3.63) is 21.4 Å². The molecule has 1 aromatic rings. The number of carbonyl (C=O) groups excluding carboxylic acids is 2. The number of thiophene rings is 1. The zero-order valence-electron chi connectivity index (χ0n) is 15.0. The highest BCUT2D eigenvalue weighted by Gasteiger charge is 2.32. The van der Waals surface area contributed by atoms with Crippen LogP contribution in [-0.2, 0) is 17.6 Å². The van der Waals surface area contributed by atoms with E-state index in [1.807, 2.05) is 9.80 Å². The quantitative estimate of drug-likeness (QED) is 0.808. The van der Waals surface area contributed by atoms with Crippen LogP contribution in [0.3, 0.4) is 0 Å². The molecular weight excluding hydrogens is 334 g/mol. The summed E-state index contributed by atoms with van der Waals surface area (Å²) in [4.78, 5) is 34.0. The Bertz CT molecular complexity index is 658. The molecule has 3 heterocycles. The van der Waals surface area contributed by atoms with Gasteiger partial charge < -0.3 is 14.7 Å². The molecule has 6 heteroatoms. The molecule has 2 saturated heterocycles. The predicted octanol–water partition coefficient (Wildman–Crippen LogP) is 1.86. The van der Waals surface area contributed by atoms with E-state index in [0.717, 1.165) is 76.2 Å². The summed E-state index contributed by atoms with van der Waals surface area (Å²) in [7, 11) is 2.11. The molecule has 0 saturated carbocycles. The lowest BCUT2D eigenvalue weighted by atomic mass is 9.87. The summed E-state index contributed by atoms with van der Waals surface area (Å²) in [6, 6.07) is 2.07. The van der Waals surface area contributed by atoms with Crippen LogP contribution in [0.5, 0.6) is 0 Å². The highest BCUT2D eigenvalue weighted by atomic mass is 32.1. The maximum atomic E-state index is 12.9. The van der Waals surface area contributed by atoms with Gasteiger partial charge in [-0.05, 0) is 50.8 Å². The average Bonchev–Trinajstić information content (AvgIpc) is 3.30. The summed E-state index contributed by atoms with van der Waals surface area (Å²) < 4.78 is 0. The molecule has 0 bridgehead atoms. The molecule has 5 nitrogen and oxygen atoms in total. The number of likely N-dealkylation sites (tertiary alicyclic amines) is 1. The second kappa shape index (κ2) is 7.08. The van der Waals surface area contributed by atoms with E-state index in [-0.39, 0.29) is 11.8 Å². The molecule has 2 amide bonds. The van der Waals surface area contributed by atoms with Crippen LogP contribution < -0.4 is 0 Å². The summed E-state index contributed by atoms with van der Waals surface area (Å²) in [5.74, 6) is 0.608. The van der Waals surface area contributed by atoms with Gasteiger partial charge in [0.05, 0.1) is 4.88 Å². The molecule has 3 aliphatic rings. The van der Waals surface area contributed by atoms with E-state index in [0.29, 0.717) is 5.91 Å². The van der Waals surface area contributed by atoms with Gasteiger partial charge in [0.15, 0.2) is 0 Å². The Balaban J connectivity index is 1.42. The zero-order chi connectivity index (χ0) is 17.4. The van der Waals surface area contributed by atoms with Crippen molar-refractivity contribution in [2.75, 3.05) is 46.3 Å². The largest absolute Gasteiger partial charge is 0.340 e. The standard InChI is InChI=1S/C19H27N3O2S/c1-20-8-10-22(11-9-20)18(23)14-4-5-16-15(12-14)13-17(25-16)19(24)21-6-2-3-7-21/h13-14H,2-12H2,1H3/t14-/m0/s1. The Morgan fingerprint density at radius 2 is 1.76 bits per heavy atom. The Morgan fingerprint density at radius 3 is 2.48 bits per heavy atom. The maximum Gasteiger partial charge on any atom is 0.263 e. The van der Waals surface area contributed by atoms with Crippen LogP contribution in [0.4, 0.5) is 0 Å². The minimum atomic E-state index is 0.0974. The van der Waals surface area contributed by atoms with Crippen LogP contribution >= 0.6 is 11.3 Å². The Morgan fingerprint density at radius 1 is 1.04 bits per heavy atom. The number of piperazine rings is 1. The lowest BCUT2D eigenvalue weighted by molar-refractivity contribution is -0.137. The van der Waals surface area contributed by atoms with Crippen LogP contribution in [0.15, 0.2) is 6.07 Å². The van der Waals surface area contributed by atoms with Crippen molar-refractivity contribution in [3.63, 3.8) is 0 Å². The number of likely N-dealkylation sites (N-methyl/N-ethyl adjacent to an activating group) is 1. The molecule has 0 aromatic carbocycles. The molecular formula is C19H27N3O2S. The fourth-order valence-corrected chi connectivity index (χ4v) is 5.38. The van der Waals surface area contributed by atoms with E-state index in [9.17, 15) is 9.59 Å². The lowest BCUT2D eigenvalue weighted by Crippen LogP contribution is -2.49. The third-order valence-electron chi connectivity index (χ3n) is 5.85. The first kappa shape index (κ1) is 17.0. The van der Waals surface area contributed by atoms with Crippen molar-refractivity contribution in [2.24, 2.45) is 5.92 Å². The third kappa shape index (κ3) is 3.47. The van der Waals surface area contributed by atoms with Gasteiger partial charge in [0.25, 0.3) is 5.91 Å². The Labute approximate surface area is 153 Å². The molecule has 0 radical (unpaired) electrons. The zero-order valence-corrected chi connectivity index (χ0v) is 15.8. The van der Waals surface area contributed by atoms with Gasteiger partial charge in [-0.25, -0.2) is 0 Å². The Kier molecular flexibility index (Phi) is 4.82. The van der Waals surface area contributed by atoms with Crippen molar-refractivity contribution < 1.29 is 9.59 Å². The minimum Gasteiger partial charge on any atom is -0.340 e. The number of carbonyl (C=O) groups is 2. The minimum absolute atomic E-state index is 0.0974. The van der Waals surface area contributed by atoms with Gasteiger partial charge in [-0.1, -0.05) is 0 Å². The summed E-state index contributed by atoms with van der Waals surface area (Å²) >= 11 is 1.66. The van der Waals surface area contributed by atoms with E-state index >= 15 is 0 Å². The smallest absolute Gasteiger partial charge is 0.263 e. The summed E-state index contributed by atoms with van der Waals surface area (Å²) in [5.41, 5.74) is 1.24. The molecule has 0 N–H and O–H groups in total. The first-order valence-electron chi connectivity index (χ1n) is 9.50. The van der Waals surface area contributed by atoms with Crippen LogP contribution in [0.25, 0.3) is 0 Å². The highest BCUT2D eigenvalue weighted by molar-refractivity contribution is 7.14. The van der Waals surface area contributed by atoms with Gasteiger partial charge in [-0.15, -0.1) is 11.3 Å². The number of amides is 2. The van der Waals surface area contributed by atoms with Gasteiger partial charge >= 0.3 is 0 Å². The van der Waals surface area contributed by atoms with Crippen molar-refractivity contribution in [1.29, 1.82) is 0 Å².